The predicted molar refractivity (Wildman–Crippen MR) is 61.2 cm³/mol. The number of rotatable bonds is 3. The van der Waals surface area contributed by atoms with Crippen LogP contribution in [0.15, 0.2) is 10.6 Å². The van der Waals surface area contributed by atoms with E-state index in [1.165, 1.54) is 6.07 Å². The summed E-state index contributed by atoms with van der Waals surface area (Å²) in [5, 5.41) is 14.5. The molecule has 0 aliphatic heterocycles. The normalized spacial score (nSPS) is 12.9. The van der Waals surface area contributed by atoms with E-state index in [0.29, 0.717) is 0 Å². The Morgan fingerprint density at radius 3 is 2.56 bits per heavy atom. The smallest absolute Gasteiger partial charge is 0.408 e. The van der Waals surface area contributed by atoms with Crippen molar-refractivity contribution >= 4 is 12.1 Å². The first-order valence-corrected chi connectivity index (χ1v) is 5.38. The molecule has 0 saturated carbocycles. The second-order valence-corrected chi connectivity index (χ2v) is 4.79. The molecule has 100 valence electrons. The summed E-state index contributed by atoms with van der Waals surface area (Å²) in [6, 6.07) is 0.727. The van der Waals surface area contributed by atoms with Gasteiger partial charge in [-0.1, -0.05) is 5.16 Å². The van der Waals surface area contributed by atoms with Gasteiger partial charge in [0.05, 0.1) is 6.04 Å². The molecule has 1 unspecified atom stereocenters. The molecule has 0 fully saturated rings. The molecular formula is C11H16N2O5. The number of carboxylic acid groups (broad SMARTS) is 1. The van der Waals surface area contributed by atoms with Crippen molar-refractivity contribution in [3.8, 4) is 0 Å². The van der Waals surface area contributed by atoms with Gasteiger partial charge in [0.15, 0.2) is 11.5 Å². The van der Waals surface area contributed by atoms with Crippen LogP contribution in [0.5, 0.6) is 0 Å². The van der Waals surface area contributed by atoms with Gasteiger partial charge >= 0.3 is 12.1 Å². The largest absolute Gasteiger partial charge is 0.476 e. The summed E-state index contributed by atoms with van der Waals surface area (Å²) >= 11 is 0. The predicted octanol–water partition coefficient (Wildman–Crippen LogP) is 1.96. The number of ether oxygens (including phenoxy) is 1. The van der Waals surface area contributed by atoms with Gasteiger partial charge in [-0.15, -0.1) is 0 Å². The second-order valence-electron chi connectivity index (χ2n) is 4.79. The highest BCUT2D eigenvalue weighted by Gasteiger charge is 2.21. The lowest BCUT2D eigenvalue weighted by molar-refractivity contribution is 0.0499. The van der Waals surface area contributed by atoms with Crippen LogP contribution in [0.1, 0.15) is 50.0 Å². The van der Waals surface area contributed by atoms with E-state index in [9.17, 15) is 9.59 Å². The molecule has 0 aromatic carbocycles. The molecule has 18 heavy (non-hydrogen) atoms. The van der Waals surface area contributed by atoms with Gasteiger partial charge in [-0.3, -0.25) is 0 Å². The second kappa shape index (κ2) is 5.07. The monoisotopic (exact) mass is 256 g/mol. The third kappa shape index (κ3) is 4.08. The molecule has 0 spiro atoms. The van der Waals surface area contributed by atoms with E-state index in [-0.39, 0.29) is 11.5 Å². The summed E-state index contributed by atoms with van der Waals surface area (Å²) in [4.78, 5) is 22.1. The van der Waals surface area contributed by atoms with Crippen LogP contribution in [0, 0.1) is 0 Å². The Balaban J connectivity index is 2.62. The Bertz CT molecular complexity index is 447. The minimum absolute atomic E-state index is 0.206. The van der Waals surface area contributed by atoms with E-state index >= 15 is 0 Å². The highest BCUT2D eigenvalue weighted by Crippen LogP contribution is 2.15. The van der Waals surface area contributed by atoms with Crippen LogP contribution >= 0.6 is 0 Å². The number of hydrogen-bond acceptors (Lipinski definition) is 5. The number of nitrogens with one attached hydrogen (secondary N) is 1. The summed E-state index contributed by atoms with van der Waals surface area (Å²) in [5.41, 5.74) is -0.805. The lowest BCUT2D eigenvalue weighted by Gasteiger charge is -2.21. The van der Waals surface area contributed by atoms with E-state index < -0.39 is 23.7 Å². The molecule has 0 aliphatic rings. The molecule has 1 aromatic rings. The first kappa shape index (κ1) is 14.0. The minimum Gasteiger partial charge on any atom is -0.476 e. The summed E-state index contributed by atoms with van der Waals surface area (Å²) in [7, 11) is 0. The first-order chi connectivity index (χ1) is 8.19. The fraction of sp³-hybridized carbons (Fsp3) is 0.545. The van der Waals surface area contributed by atoms with E-state index in [0.717, 1.165) is 0 Å². The van der Waals surface area contributed by atoms with Crippen molar-refractivity contribution in [2.24, 2.45) is 0 Å². The van der Waals surface area contributed by atoms with Crippen LogP contribution in [-0.4, -0.2) is 27.9 Å². The number of alkyl carbamates (subject to hydrolysis) is 1. The van der Waals surface area contributed by atoms with Crippen LogP contribution in [0.3, 0.4) is 0 Å². The molecule has 7 nitrogen and oxygen atoms in total. The van der Waals surface area contributed by atoms with Gasteiger partial charge < -0.3 is 19.7 Å². The maximum atomic E-state index is 11.5. The first-order valence-electron chi connectivity index (χ1n) is 5.38. The van der Waals surface area contributed by atoms with Crippen molar-refractivity contribution < 1.29 is 24.0 Å². The van der Waals surface area contributed by atoms with Crippen LogP contribution in [0.4, 0.5) is 4.79 Å². The Morgan fingerprint density at radius 1 is 1.50 bits per heavy atom. The van der Waals surface area contributed by atoms with Crippen LogP contribution < -0.4 is 5.32 Å². The molecule has 0 aliphatic carbocycles. The third-order valence-corrected chi connectivity index (χ3v) is 1.91. The highest BCUT2D eigenvalue weighted by atomic mass is 16.6. The number of hydrogen-bond donors (Lipinski definition) is 2. The molecule has 1 rings (SSSR count). The Labute approximate surface area is 104 Å². The zero-order chi connectivity index (χ0) is 13.9. The van der Waals surface area contributed by atoms with Crippen molar-refractivity contribution in [2.75, 3.05) is 0 Å². The molecule has 0 radical (unpaired) electrons. The minimum atomic E-state index is -1.19. The van der Waals surface area contributed by atoms with Crippen molar-refractivity contribution in [2.45, 2.75) is 39.3 Å². The van der Waals surface area contributed by atoms with E-state index in [2.05, 4.69) is 10.5 Å². The van der Waals surface area contributed by atoms with E-state index in [4.69, 9.17) is 14.4 Å². The van der Waals surface area contributed by atoms with Gasteiger partial charge in [-0.05, 0) is 27.7 Å². The molecular weight excluding hydrogens is 240 g/mol. The van der Waals surface area contributed by atoms with Crippen molar-refractivity contribution in [1.29, 1.82) is 0 Å². The summed E-state index contributed by atoms with van der Waals surface area (Å²) in [5.74, 6) is -0.937. The number of carbonyl (C=O) groups excluding carboxylic acids is 1. The molecule has 1 amide bonds. The van der Waals surface area contributed by atoms with Crippen LogP contribution in [0.25, 0.3) is 0 Å². The van der Waals surface area contributed by atoms with Gasteiger partial charge in [0, 0.05) is 6.07 Å². The highest BCUT2D eigenvalue weighted by molar-refractivity contribution is 5.85. The Kier molecular flexibility index (Phi) is 3.95. The average molecular weight is 256 g/mol. The van der Waals surface area contributed by atoms with E-state index in [1.54, 1.807) is 27.7 Å². The quantitative estimate of drug-likeness (QED) is 0.857. The standard InChI is InChI=1S/C11H16N2O5/c1-6(12-10(16)17-11(2,3)4)8-5-7(9(14)15)13-18-8/h5-6H,1-4H3,(H,12,16)(H,14,15). The molecule has 2 N–H and O–H groups in total. The van der Waals surface area contributed by atoms with Crippen LogP contribution in [-0.2, 0) is 4.74 Å². The summed E-state index contributed by atoms with van der Waals surface area (Å²) in [6.07, 6.45) is -0.608. The van der Waals surface area contributed by atoms with Gasteiger partial charge in [-0.2, -0.15) is 0 Å². The van der Waals surface area contributed by atoms with Gasteiger partial charge in [-0.25, -0.2) is 9.59 Å². The number of nitrogens with zero attached hydrogens (tertiary/aromatic N) is 1. The van der Waals surface area contributed by atoms with Gasteiger partial charge in [0.1, 0.15) is 5.60 Å². The molecule has 1 heterocycles. The molecule has 1 aromatic heterocycles. The zero-order valence-corrected chi connectivity index (χ0v) is 10.7. The average Bonchev–Trinajstić information content (AvgIpc) is 2.62. The number of aromatic carboxylic acids is 1. The van der Waals surface area contributed by atoms with Crippen molar-refractivity contribution in [1.82, 2.24) is 10.5 Å². The summed E-state index contributed by atoms with van der Waals surface area (Å²) in [6.45, 7) is 6.87. The molecule has 0 saturated heterocycles. The molecule has 0 bridgehead atoms. The third-order valence-electron chi connectivity index (χ3n) is 1.91. The zero-order valence-electron chi connectivity index (χ0n) is 10.7. The summed E-state index contributed by atoms with van der Waals surface area (Å²) < 4.78 is 9.87. The van der Waals surface area contributed by atoms with E-state index in [1.807, 2.05) is 0 Å². The molecule has 7 heteroatoms. The van der Waals surface area contributed by atoms with Gasteiger partial charge in [0.2, 0.25) is 0 Å². The van der Waals surface area contributed by atoms with Crippen LogP contribution in [0.2, 0.25) is 0 Å². The van der Waals surface area contributed by atoms with Gasteiger partial charge in [0.25, 0.3) is 0 Å². The molecule has 1 atom stereocenters. The Hall–Kier alpha value is -2.05. The topological polar surface area (TPSA) is 102 Å². The fourth-order valence-corrected chi connectivity index (χ4v) is 1.15. The number of amides is 1. The Morgan fingerprint density at radius 2 is 2.11 bits per heavy atom. The SMILES string of the molecule is CC(NC(=O)OC(C)(C)C)c1cc(C(=O)O)no1. The maximum absolute atomic E-state index is 11.5. The lowest BCUT2D eigenvalue weighted by atomic mass is 10.2. The van der Waals surface area contributed by atoms with Crippen molar-refractivity contribution in [3.63, 3.8) is 0 Å². The number of carboxylic acids is 1. The number of carbonyl (C=O) groups is 2. The maximum Gasteiger partial charge on any atom is 0.408 e. The fourth-order valence-electron chi connectivity index (χ4n) is 1.15. The van der Waals surface area contributed by atoms with Crippen molar-refractivity contribution in [3.05, 3.63) is 17.5 Å². The lowest BCUT2D eigenvalue weighted by Crippen LogP contribution is -2.33. The number of aromatic nitrogens is 1.